The largest absolute Gasteiger partial charge is 0.476 e. The third-order valence-electron chi connectivity index (χ3n) is 3.26. The molecule has 0 bridgehead atoms. The number of carboxylic acids is 1. The van der Waals surface area contributed by atoms with Gasteiger partial charge in [0, 0.05) is 6.04 Å². The molecule has 1 heterocycles. The number of hydrogen-bond acceptors (Lipinski definition) is 6. The third-order valence-corrected chi connectivity index (χ3v) is 3.26. The fourth-order valence-electron chi connectivity index (χ4n) is 2.23. The third kappa shape index (κ3) is 7.08. The van der Waals surface area contributed by atoms with Gasteiger partial charge in [-0.15, -0.1) is 5.10 Å². The van der Waals surface area contributed by atoms with Crippen LogP contribution in [-0.4, -0.2) is 49.7 Å². The van der Waals surface area contributed by atoms with E-state index in [0.717, 1.165) is 17.5 Å². The van der Waals surface area contributed by atoms with E-state index in [1.54, 1.807) is 20.8 Å². The van der Waals surface area contributed by atoms with Crippen LogP contribution in [0.4, 0.5) is 4.79 Å². The van der Waals surface area contributed by atoms with Crippen molar-refractivity contribution in [3.8, 4) is 0 Å². The van der Waals surface area contributed by atoms with Crippen molar-refractivity contribution >= 4 is 18.0 Å². The number of alkyl carbamates (subject to hydrolysis) is 1. The molecule has 1 rings (SSSR count). The molecule has 146 valence electrons. The first-order valence-corrected chi connectivity index (χ1v) is 8.45. The molecule has 10 nitrogen and oxygen atoms in total. The number of carboxylic acid groups (broad SMARTS) is 1. The molecule has 10 heteroatoms. The van der Waals surface area contributed by atoms with Gasteiger partial charge < -0.3 is 20.5 Å². The monoisotopic (exact) mass is 369 g/mol. The van der Waals surface area contributed by atoms with Gasteiger partial charge >= 0.3 is 12.1 Å². The molecular formula is C16H27N5O5. The zero-order chi connectivity index (χ0) is 19.9. The van der Waals surface area contributed by atoms with Gasteiger partial charge in [-0.25, -0.2) is 14.3 Å². The molecule has 0 saturated carbocycles. The highest BCUT2D eigenvalue weighted by atomic mass is 16.6. The average molecular weight is 369 g/mol. The molecule has 1 aromatic rings. The lowest BCUT2D eigenvalue weighted by molar-refractivity contribution is -0.122. The Kier molecular flexibility index (Phi) is 7.54. The highest BCUT2D eigenvalue weighted by Crippen LogP contribution is 2.09. The molecule has 2 amide bonds. The number of rotatable bonds is 8. The van der Waals surface area contributed by atoms with E-state index >= 15 is 0 Å². The number of carbonyl (C=O) groups is 3. The molecule has 26 heavy (non-hydrogen) atoms. The molecule has 0 aromatic carbocycles. The molecule has 1 atom stereocenters. The summed E-state index contributed by atoms with van der Waals surface area (Å²) in [5, 5.41) is 21.8. The van der Waals surface area contributed by atoms with E-state index in [4.69, 9.17) is 4.74 Å². The molecule has 0 radical (unpaired) electrons. The van der Waals surface area contributed by atoms with Gasteiger partial charge in [0.25, 0.3) is 0 Å². The van der Waals surface area contributed by atoms with Crippen LogP contribution in [0.5, 0.6) is 0 Å². The van der Waals surface area contributed by atoms with E-state index in [9.17, 15) is 19.5 Å². The quantitative estimate of drug-likeness (QED) is 0.628. The van der Waals surface area contributed by atoms with E-state index in [1.165, 1.54) is 0 Å². The van der Waals surface area contributed by atoms with Crippen molar-refractivity contribution in [2.24, 2.45) is 0 Å². The highest BCUT2D eigenvalue weighted by molar-refractivity contribution is 5.86. The lowest BCUT2D eigenvalue weighted by Crippen LogP contribution is -2.36. The van der Waals surface area contributed by atoms with Crippen LogP contribution in [0, 0.1) is 0 Å². The standard InChI is InChI=1S/C16H27N5O5/c1-6-7-10(2)18-12(22)9-21-11(13(14(23)24)19-20-21)8-17-15(25)26-16(3,4)5/h10H,6-9H2,1-5H3,(H,17,25)(H,18,22)(H,23,24). The Morgan fingerprint density at radius 2 is 1.96 bits per heavy atom. The lowest BCUT2D eigenvalue weighted by Gasteiger charge is -2.19. The van der Waals surface area contributed by atoms with Gasteiger partial charge in [0.05, 0.1) is 12.2 Å². The predicted molar refractivity (Wildman–Crippen MR) is 92.6 cm³/mol. The number of nitrogens with zero attached hydrogens (tertiary/aromatic N) is 3. The number of carbonyl (C=O) groups excluding carboxylic acids is 2. The average Bonchev–Trinajstić information content (AvgIpc) is 2.86. The maximum absolute atomic E-state index is 12.1. The lowest BCUT2D eigenvalue weighted by atomic mass is 10.2. The molecule has 0 spiro atoms. The van der Waals surface area contributed by atoms with Crippen molar-refractivity contribution in [1.29, 1.82) is 0 Å². The predicted octanol–water partition coefficient (Wildman–Crippen LogP) is 1.31. The van der Waals surface area contributed by atoms with Gasteiger partial charge in [-0.3, -0.25) is 4.79 Å². The summed E-state index contributed by atoms with van der Waals surface area (Å²) < 4.78 is 6.27. The van der Waals surface area contributed by atoms with Gasteiger partial charge in [-0.2, -0.15) is 0 Å². The summed E-state index contributed by atoms with van der Waals surface area (Å²) in [6.07, 6.45) is 1.05. The van der Waals surface area contributed by atoms with Crippen molar-refractivity contribution in [2.75, 3.05) is 0 Å². The van der Waals surface area contributed by atoms with Crippen molar-refractivity contribution in [1.82, 2.24) is 25.6 Å². The molecule has 0 fully saturated rings. The van der Waals surface area contributed by atoms with Crippen molar-refractivity contribution in [3.63, 3.8) is 0 Å². The number of ether oxygens (including phenoxy) is 1. The Bertz CT molecular complexity index is 650. The van der Waals surface area contributed by atoms with E-state index in [0.29, 0.717) is 0 Å². The summed E-state index contributed by atoms with van der Waals surface area (Å²) in [6, 6.07) is -0.00157. The van der Waals surface area contributed by atoms with Crippen molar-refractivity contribution in [3.05, 3.63) is 11.4 Å². The van der Waals surface area contributed by atoms with Crippen LogP contribution in [0.3, 0.4) is 0 Å². The van der Waals surface area contributed by atoms with E-state index in [-0.39, 0.29) is 36.4 Å². The molecule has 0 aliphatic heterocycles. The Hall–Kier alpha value is -2.65. The summed E-state index contributed by atoms with van der Waals surface area (Å²) in [5.41, 5.74) is -0.898. The first-order valence-electron chi connectivity index (χ1n) is 8.45. The number of aromatic nitrogens is 3. The highest BCUT2D eigenvalue weighted by Gasteiger charge is 2.22. The van der Waals surface area contributed by atoms with Gasteiger partial charge in [0.1, 0.15) is 12.1 Å². The Morgan fingerprint density at radius 3 is 2.50 bits per heavy atom. The van der Waals surface area contributed by atoms with Crippen LogP contribution in [0.1, 0.15) is 63.6 Å². The maximum Gasteiger partial charge on any atom is 0.407 e. The maximum atomic E-state index is 12.1. The van der Waals surface area contributed by atoms with E-state index in [1.807, 2.05) is 13.8 Å². The number of aromatic carboxylic acids is 1. The topological polar surface area (TPSA) is 135 Å². The number of nitrogens with one attached hydrogen (secondary N) is 2. The van der Waals surface area contributed by atoms with Gasteiger partial charge in [-0.05, 0) is 34.1 Å². The van der Waals surface area contributed by atoms with Crippen molar-refractivity contribution < 1.29 is 24.2 Å². The first-order chi connectivity index (χ1) is 12.0. The fourth-order valence-corrected chi connectivity index (χ4v) is 2.23. The summed E-state index contributed by atoms with van der Waals surface area (Å²) in [4.78, 5) is 35.2. The van der Waals surface area contributed by atoms with E-state index in [2.05, 4.69) is 20.9 Å². The zero-order valence-electron chi connectivity index (χ0n) is 15.8. The summed E-state index contributed by atoms with van der Waals surface area (Å²) >= 11 is 0. The second-order valence-electron chi connectivity index (χ2n) is 6.96. The fraction of sp³-hybridized carbons (Fsp3) is 0.688. The van der Waals surface area contributed by atoms with Crippen LogP contribution in [0.15, 0.2) is 0 Å². The molecule has 1 aromatic heterocycles. The van der Waals surface area contributed by atoms with Crippen LogP contribution in [0.2, 0.25) is 0 Å². The molecule has 0 aliphatic rings. The van der Waals surface area contributed by atoms with Crippen molar-refractivity contribution in [2.45, 2.75) is 72.2 Å². The molecule has 0 saturated heterocycles. The molecule has 3 N–H and O–H groups in total. The Balaban J connectivity index is 2.82. The molecule has 1 unspecified atom stereocenters. The van der Waals surface area contributed by atoms with Gasteiger partial charge in [0.2, 0.25) is 5.91 Å². The Morgan fingerprint density at radius 1 is 1.31 bits per heavy atom. The van der Waals surface area contributed by atoms with Crippen LogP contribution < -0.4 is 10.6 Å². The molecular weight excluding hydrogens is 342 g/mol. The zero-order valence-corrected chi connectivity index (χ0v) is 15.8. The summed E-state index contributed by atoms with van der Waals surface area (Å²) in [6.45, 7) is 8.66. The normalized spacial score (nSPS) is 12.3. The molecule has 0 aliphatic carbocycles. The van der Waals surface area contributed by atoms with Gasteiger partial charge in [0.15, 0.2) is 5.69 Å². The summed E-state index contributed by atoms with van der Waals surface area (Å²) in [5.74, 6) is -1.61. The minimum absolute atomic E-state index is 0.00157. The van der Waals surface area contributed by atoms with Crippen LogP contribution >= 0.6 is 0 Å². The first kappa shape index (κ1) is 21.4. The number of amides is 2. The van der Waals surface area contributed by atoms with Crippen LogP contribution in [-0.2, 0) is 22.6 Å². The summed E-state index contributed by atoms with van der Waals surface area (Å²) in [7, 11) is 0. The minimum atomic E-state index is -1.29. The second-order valence-corrected chi connectivity index (χ2v) is 6.96. The number of hydrogen-bond donors (Lipinski definition) is 3. The smallest absolute Gasteiger partial charge is 0.407 e. The second kappa shape index (κ2) is 9.16. The van der Waals surface area contributed by atoms with Crippen LogP contribution in [0.25, 0.3) is 0 Å². The van der Waals surface area contributed by atoms with Gasteiger partial charge in [-0.1, -0.05) is 18.6 Å². The SMILES string of the molecule is CCCC(C)NC(=O)Cn1nnc(C(=O)O)c1CNC(=O)OC(C)(C)C. The van der Waals surface area contributed by atoms with E-state index < -0.39 is 17.7 Å². The Labute approximate surface area is 152 Å². The minimum Gasteiger partial charge on any atom is -0.476 e.